The minimum absolute atomic E-state index is 0.224. The zero-order valence-corrected chi connectivity index (χ0v) is 11.5. The monoisotopic (exact) mass is 240 g/mol. The van der Waals surface area contributed by atoms with Crippen molar-refractivity contribution in [3.05, 3.63) is 0 Å². The molecule has 2 rings (SSSR count). The maximum Gasteiger partial charge on any atom is 0.0484 e. The summed E-state index contributed by atoms with van der Waals surface area (Å²) in [6.45, 7) is 8.42. The normalized spacial score (nSPS) is 30.9. The molecule has 1 atom stereocenters. The van der Waals surface area contributed by atoms with Crippen LogP contribution < -0.4 is 5.73 Å². The van der Waals surface area contributed by atoms with Gasteiger partial charge in [0.1, 0.15) is 0 Å². The minimum Gasteiger partial charge on any atom is -0.381 e. The molecule has 0 amide bonds. The van der Waals surface area contributed by atoms with Crippen molar-refractivity contribution in [3.8, 4) is 0 Å². The van der Waals surface area contributed by atoms with Crippen molar-refractivity contribution in [2.45, 2.75) is 57.5 Å². The third-order valence-electron chi connectivity index (χ3n) is 4.18. The second-order valence-electron chi connectivity index (χ2n) is 6.17. The van der Waals surface area contributed by atoms with E-state index in [0.29, 0.717) is 0 Å². The highest BCUT2D eigenvalue weighted by Crippen LogP contribution is 2.38. The van der Waals surface area contributed by atoms with Crippen LogP contribution in [0, 0.1) is 5.92 Å². The van der Waals surface area contributed by atoms with Gasteiger partial charge in [-0.1, -0.05) is 13.8 Å². The molecular weight excluding hydrogens is 212 g/mol. The van der Waals surface area contributed by atoms with Crippen molar-refractivity contribution in [3.63, 3.8) is 0 Å². The quantitative estimate of drug-likeness (QED) is 0.799. The lowest BCUT2D eigenvalue weighted by atomic mass is 9.87. The highest BCUT2D eigenvalue weighted by atomic mass is 16.5. The van der Waals surface area contributed by atoms with Crippen LogP contribution >= 0.6 is 0 Å². The molecule has 3 heteroatoms. The predicted octanol–water partition coefficient (Wildman–Crippen LogP) is 2.00. The first-order valence-corrected chi connectivity index (χ1v) is 7.22. The van der Waals surface area contributed by atoms with Gasteiger partial charge in [-0.25, -0.2) is 0 Å². The molecule has 0 aromatic rings. The molecule has 1 aliphatic heterocycles. The Balaban J connectivity index is 2.10. The fourth-order valence-electron chi connectivity index (χ4n) is 3.11. The first kappa shape index (κ1) is 13.3. The van der Waals surface area contributed by atoms with Gasteiger partial charge in [-0.05, 0) is 38.0 Å². The largest absolute Gasteiger partial charge is 0.381 e. The van der Waals surface area contributed by atoms with E-state index in [9.17, 15) is 0 Å². The van der Waals surface area contributed by atoms with Crippen LogP contribution in [0.1, 0.15) is 46.0 Å². The standard InChI is InChI=1S/C14H28N2O/c1-12(2)10-16(13-4-5-13)14(11-15)6-3-8-17-9-7-14/h12-13H,3-11,15H2,1-2H3. The molecule has 2 N–H and O–H groups in total. The van der Waals surface area contributed by atoms with Crippen LogP contribution in [0.25, 0.3) is 0 Å². The molecule has 0 radical (unpaired) electrons. The van der Waals surface area contributed by atoms with E-state index in [1.165, 1.54) is 32.2 Å². The maximum atomic E-state index is 6.15. The summed E-state index contributed by atoms with van der Waals surface area (Å²) in [6.07, 6.45) is 6.24. The number of rotatable bonds is 5. The summed E-state index contributed by atoms with van der Waals surface area (Å²) in [6, 6.07) is 0.805. The van der Waals surface area contributed by atoms with Gasteiger partial charge in [-0.3, -0.25) is 4.90 Å². The van der Waals surface area contributed by atoms with Crippen molar-refractivity contribution in [1.29, 1.82) is 0 Å². The van der Waals surface area contributed by atoms with Gasteiger partial charge in [0.2, 0.25) is 0 Å². The third-order valence-corrected chi connectivity index (χ3v) is 4.18. The van der Waals surface area contributed by atoms with E-state index in [-0.39, 0.29) is 5.54 Å². The molecule has 2 fully saturated rings. The molecule has 1 heterocycles. The Bertz CT molecular complexity index is 230. The van der Waals surface area contributed by atoms with Gasteiger partial charge in [0, 0.05) is 37.9 Å². The lowest BCUT2D eigenvalue weighted by Gasteiger charge is -2.44. The Hall–Kier alpha value is -0.120. The second-order valence-corrected chi connectivity index (χ2v) is 6.17. The fourth-order valence-corrected chi connectivity index (χ4v) is 3.11. The van der Waals surface area contributed by atoms with Crippen molar-refractivity contribution in [2.75, 3.05) is 26.3 Å². The van der Waals surface area contributed by atoms with Gasteiger partial charge >= 0.3 is 0 Å². The zero-order valence-electron chi connectivity index (χ0n) is 11.5. The summed E-state index contributed by atoms with van der Waals surface area (Å²) in [5, 5.41) is 0. The first-order valence-electron chi connectivity index (χ1n) is 7.22. The molecule has 0 bridgehead atoms. The molecule has 2 aliphatic rings. The number of ether oxygens (including phenoxy) is 1. The summed E-state index contributed by atoms with van der Waals surface area (Å²) in [5.41, 5.74) is 6.38. The SMILES string of the molecule is CC(C)CN(C1CC1)C1(CN)CCCOCC1. The molecule has 100 valence electrons. The van der Waals surface area contributed by atoms with Crippen molar-refractivity contribution < 1.29 is 4.74 Å². The highest BCUT2D eigenvalue weighted by molar-refractivity contribution is 5.00. The average Bonchev–Trinajstić information content (AvgIpc) is 3.13. The summed E-state index contributed by atoms with van der Waals surface area (Å²) >= 11 is 0. The molecule has 1 unspecified atom stereocenters. The molecule has 17 heavy (non-hydrogen) atoms. The lowest BCUT2D eigenvalue weighted by molar-refractivity contribution is 0.0495. The van der Waals surface area contributed by atoms with Crippen molar-refractivity contribution >= 4 is 0 Å². The Morgan fingerprint density at radius 3 is 2.65 bits per heavy atom. The van der Waals surface area contributed by atoms with Gasteiger partial charge in [-0.15, -0.1) is 0 Å². The van der Waals surface area contributed by atoms with E-state index in [0.717, 1.165) is 38.1 Å². The van der Waals surface area contributed by atoms with Crippen LogP contribution in [-0.4, -0.2) is 42.8 Å². The predicted molar refractivity (Wildman–Crippen MR) is 71.0 cm³/mol. The lowest BCUT2D eigenvalue weighted by Crippen LogP contribution is -2.56. The molecule has 0 aromatic carbocycles. The minimum atomic E-state index is 0.224. The van der Waals surface area contributed by atoms with E-state index in [2.05, 4.69) is 18.7 Å². The second kappa shape index (κ2) is 5.68. The molecule has 0 spiro atoms. The Morgan fingerprint density at radius 2 is 2.06 bits per heavy atom. The molecule has 3 nitrogen and oxygen atoms in total. The topological polar surface area (TPSA) is 38.5 Å². The summed E-state index contributed by atoms with van der Waals surface area (Å²) < 4.78 is 5.62. The number of hydrogen-bond donors (Lipinski definition) is 1. The van der Waals surface area contributed by atoms with Crippen LogP contribution in [-0.2, 0) is 4.74 Å². The molecule has 1 aliphatic carbocycles. The van der Waals surface area contributed by atoms with Crippen LogP contribution in [0.15, 0.2) is 0 Å². The van der Waals surface area contributed by atoms with E-state index in [1.807, 2.05) is 0 Å². The van der Waals surface area contributed by atoms with Gasteiger partial charge in [0.25, 0.3) is 0 Å². The maximum absolute atomic E-state index is 6.15. The zero-order chi connectivity index (χ0) is 12.3. The van der Waals surface area contributed by atoms with Gasteiger partial charge in [-0.2, -0.15) is 0 Å². The van der Waals surface area contributed by atoms with Crippen LogP contribution in [0.2, 0.25) is 0 Å². The highest BCUT2D eigenvalue weighted by Gasteiger charge is 2.43. The molecular formula is C14H28N2O. The van der Waals surface area contributed by atoms with Gasteiger partial charge in [0.15, 0.2) is 0 Å². The summed E-state index contributed by atoms with van der Waals surface area (Å²) in [7, 11) is 0. The average molecular weight is 240 g/mol. The van der Waals surface area contributed by atoms with Gasteiger partial charge < -0.3 is 10.5 Å². The van der Waals surface area contributed by atoms with Crippen molar-refractivity contribution in [2.24, 2.45) is 11.7 Å². The van der Waals surface area contributed by atoms with Crippen LogP contribution in [0.5, 0.6) is 0 Å². The van der Waals surface area contributed by atoms with E-state index < -0.39 is 0 Å². The molecule has 1 saturated carbocycles. The van der Waals surface area contributed by atoms with Crippen LogP contribution in [0.3, 0.4) is 0 Å². The van der Waals surface area contributed by atoms with E-state index in [4.69, 9.17) is 10.5 Å². The van der Waals surface area contributed by atoms with E-state index >= 15 is 0 Å². The smallest absolute Gasteiger partial charge is 0.0484 e. The van der Waals surface area contributed by atoms with Gasteiger partial charge in [0.05, 0.1) is 0 Å². The summed E-state index contributed by atoms with van der Waals surface area (Å²) in [5.74, 6) is 0.725. The van der Waals surface area contributed by atoms with Crippen molar-refractivity contribution in [1.82, 2.24) is 4.90 Å². The fraction of sp³-hybridized carbons (Fsp3) is 1.00. The number of nitrogens with two attached hydrogens (primary N) is 1. The molecule has 0 aromatic heterocycles. The Morgan fingerprint density at radius 1 is 1.29 bits per heavy atom. The third kappa shape index (κ3) is 3.21. The van der Waals surface area contributed by atoms with E-state index in [1.54, 1.807) is 0 Å². The number of hydrogen-bond acceptors (Lipinski definition) is 3. The van der Waals surface area contributed by atoms with Crippen LogP contribution in [0.4, 0.5) is 0 Å². The molecule has 1 saturated heterocycles. The summed E-state index contributed by atoms with van der Waals surface area (Å²) in [4.78, 5) is 2.73. The first-order chi connectivity index (χ1) is 8.18. The number of nitrogens with zero attached hydrogens (tertiary/aromatic N) is 1. The Labute approximate surface area is 106 Å². The Kier molecular flexibility index (Phi) is 4.45.